The number of nitrogens with one attached hydrogen (secondary N) is 1. The molecule has 0 aliphatic rings. The Morgan fingerprint density at radius 3 is 2.39 bits per heavy atom. The van der Waals surface area contributed by atoms with Crippen molar-refractivity contribution in [2.24, 2.45) is 0 Å². The van der Waals surface area contributed by atoms with Crippen LogP contribution in [0.25, 0.3) is 5.69 Å². The number of methoxy groups -OCH3 is 2. The molecule has 184 valence electrons. The van der Waals surface area contributed by atoms with Crippen LogP contribution in [-0.2, 0) is 12.3 Å². The fourth-order valence-electron chi connectivity index (χ4n) is 3.43. The van der Waals surface area contributed by atoms with E-state index in [9.17, 15) is 14.9 Å². The van der Waals surface area contributed by atoms with Crippen molar-refractivity contribution in [2.45, 2.75) is 17.5 Å². The highest BCUT2D eigenvalue weighted by Crippen LogP contribution is 2.30. The molecular weight excluding hydrogens is 482 g/mol. The number of thioether (sulfide) groups is 1. The zero-order valence-electron chi connectivity index (χ0n) is 19.6. The van der Waals surface area contributed by atoms with Crippen LogP contribution in [0.5, 0.6) is 11.5 Å². The number of aromatic nitrogens is 3. The first kappa shape index (κ1) is 24.7. The number of nitrogens with zero attached hydrogens (tertiary/aromatic N) is 4. The Bertz CT molecular complexity index is 1360. The summed E-state index contributed by atoms with van der Waals surface area (Å²) < 4.78 is 12.5. The van der Waals surface area contributed by atoms with Gasteiger partial charge >= 0.3 is 0 Å². The average molecular weight is 506 g/mol. The van der Waals surface area contributed by atoms with Gasteiger partial charge in [0.2, 0.25) is 0 Å². The number of nitro groups is 1. The maximum atomic E-state index is 12.7. The van der Waals surface area contributed by atoms with Gasteiger partial charge in [0, 0.05) is 23.4 Å². The molecular formula is C25H23N5O5S. The van der Waals surface area contributed by atoms with Crippen LogP contribution in [-0.4, -0.2) is 39.8 Å². The van der Waals surface area contributed by atoms with Crippen molar-refractivity contribution in [1.82, 2.24) is 20.1 Å². The molecule has 3 aromatic carbocycles. The molecule has 11 heteroatoms. The predicted molar refractivity (Wildman–Crippen MR) is 135 cm³/mol. The second-order valence-corrected chi connectivity index (χ2v) is 8.47. The van der Waals surface area contributed by atoms with E-state index < -0.39 is 4.92 Å². The van der Waals surface area contributed by atoms with Crippen molar-refractivity contribution in [3.63, 3.8) is 0 Å². The smallest absolute Gasteiger partial charge is 0.269 e. The summed E-state index contributed by atoms with van der Waals surface area (Å²) in [6, 6.07) is 20.6. The van der Waals surface area contributed by atoms with Gasteiger partial charge in [0.05, 0.1) is 31.4 Å². The van der Waals surface area contributed by atoms with Crippen LogP contribution in [0.2, 0.25) is 0 Å². The first-order chi connectivity index (χ1) is 17.5. The van der Waals surface area contributed by atoms with E-state index in [1.165, 1.54) is 23.9 Å². The van der Waals surface area contributed by atoms with E-state index in [1.54, 1.807) is 50.6 Å². The fourth-order valence-corrected chi connectivity index (χ4v) is 4.35. The predicted octanol–water partition coefficient (Wildman–Crippen LogP) is 4.42. The molecule has 1 heterocycles. The number of non-ortho nitro benzene ring substituents is 1. The minimum atomic E-state index is -0.429. The maximum absolute atomic E-state index is 12.7. The molecule has 0 radical (unpaired) electrons. The molecule has 0 bridgehead atoms. The number of benzene rings is 3. The lowest BCUT2D eigenvalue weighted by Crippen LogP contribution is -2.24. The molecule has 36 heavy (non-hydrogen) atoms. The van der Waals surface area contributed by atoms with Gasteiger partial charge in [-0.25, -0.2) is 0 Å². The number of para-hydroxylation sites is 2. The lowest BCUT2D eigenvalue weighted by Gasteiger charge is -2.14. The highest BCUT2D eigenvalue weighted by atomic mass is 32.2. The number of hydrogen-bond donors (Lipinski definition) is 1. The molecule has 1 N–H and O–H groups in total. The van der Waals surface area contributed by atoms with Gasteiger partial charge in [-0.15, -0.1) is 10.2 Å². The summed E-state index contributed by atoms with van der Waals surface area (Å²) in [5.41, 5.74) is 2.15. The van der Waals surface area contributed by atoms with E-state index in [0.29, 0.717) is 33.8 Å². The topological polar surface area (TPSA) is 121 Å². The summed E-state index contributed by atoms with van der Waals surface area (Å²) >= 11 is 1.42. The first-order valence-corrected chi connectivity index (χ1v) is 11.8. The van der Waals surface area contributed by atoms with E-state index >= 15 is 0 Å². The van der Waals surface area contributed by atoms with Crippen molar-refractivity contribution in [3.8, 4) is 17.2 Å². The molecule has 4 aromatic rings. The summed E-state index contributed by atoms with van der Waals surface area (Å²) in [5, 5.41) is 23.1. The van der Waals surface area contributed by atoms with Crippen molar-refractivity contribution < 1.29 is 19.2 Å². The zero-order chi connectivity index (χ0) is 25.5. The summed E-state index contributed by atoms with van der Waals surface area (Å²) in [4.78, 5) is 23.2. The van der Waals surface area contributed by atoms with Crippen molar-refractivity contribution in [2.75, 3.05) is 14.2 Å². The summed E-state index contributed by atoms with van der Waals surface area (Å²) in [6.45, 7) is 0.133. The van der Waals surface area contributed by atoms with Crippen LogP contribution in [0, 0.1) is 10.1 Å². The molecule has 0 spiro atoms. The quantitative estimate of drug-likeness (QED) is 0.191. The monoisotopic (exact) mass is 505 g/mol. The van der Waals surface area contributed by atoms with Gasteiger partial charge in [-0.3, -0.25) is 19.5 Å². The molecule has 0 saturated heterocycles. The SMILES string of the molecule is COc1ccc(C(=O)NCc2nnc(SCc3ccc([N+](=O)[O-])cc3)n2-c2ccccc2OC)cc1. The Morgan fingerprint density at radius 2 is 1.72 bits per heavy atom. The standard InChI is InChI=1S/C25H23N5O5S/c1-34-20-13-9-18(10-14-20)24(31)26-15-23-27-28-25(29(23)21-5-3-4-6-22(21)35-2)36-16-17-7-11-19(12-8-17)30(32)33/h3-14H,15-16H2,1-2H3,(H,26,31). The Kier molecular flexibility index (Phi) is 7.81. The van der Waals surface area contributed by atoms with Crippen LogP contribution < -0.4 is 14.8 Å². The third-order valence-corrected chi connectivity index (χ3v) is 6.30. The number of hydrogen-bond acceptors (Lipinski definition) is 8. The molecule has 1 amide bonds. The minimum Gasteiger partial charge on any atom is -0.497 e. The Morgan fingerprint density at radius 1 is 1.00 bits per heavy atom. The molecule has 1 aromatic heterocycles. The summed E-state index contributed by atoms with van der Waals surface area (Å²) in [6.07, 6.45) is 0. The van der Waals surface area contributed by atoms with Gasteiger partial charge in [0.15, 0.2) is 11.0 Å². The van der Waals surface area contributed by atoms with Crippen LogP contribution >= 0.6 is 11.8 Å². The van der Waals surface area contributed by atoms with Crippen molar-refractivity contribution in [1.29, 1.82) is 0 Å². The highest BCUT2D eigenvalue weighted by Gasteiger charge is 2.19. The lowest BCUT2D eigenvalue weighted by molar-refractivity contribution is -0.384. The second-order valence-electron chi connectivity index (χ2n) is 7.53. The van der Waals surface area contributed by atoms with Gasteiger partial charge < -0.3 is 14.8 Å². The maximum Gasteiger partial charge on any atom is 0.269 e. The summed E-state index contributed by atoms with van der Waals surface area (Å²) in [5.74, 6) is 2.07. The number of carbonyl (C=O) groups excluding carboxylic acids is 1. The fraction of sp³-hybridized carbons (Fsp3) is 0.160. The lowest BCUT2D eigenvalue weighted by atomic mass is 10.2. The third-order valence-electron chi connectivity index (χ3n) is 5.30. The van der Waals surface area contributed by atoms with Gasteiger partial charge in [0.25, 0.3) is 11.6 Å². The van der Waals surface area contributed by atoms with Gasteiger partial charge in [0.1, 0.15) is 11.5 Å². The van der Waals surface area contributed by atoms with E-state index in [-0.39, 0.29) is 18.1 Å². The van der Waals surface area contributed by atoms with Gasteiger partial charge in [-0.05, 0) is 42.0 Å². The highest BCUT2D eigenvalue weighted by molar-refractivity contribution is 7.98. The molecule has 0 saturated carbocycles. The third kappa shape index (κ3) is 5.63. The normalized spacial score (nSPS) is 10.6. The van der Waals surface area contributed by atoms with Crippen LogP contribution in [0.15, 0.2) is 78.0 Å². The van der Waals surface area contributed by atoms with E-state index in [4.69, 9.17) is 9.47 Å². The minimum absolute atomic E-state index is 0.0378. The van der Waals surface area contributed by atoms with Gasteiger partial charge in [-0.1, -0.05) is 36.0 Å². The molecule has 0 fully saturated rings. The molecule has 10 nitrogen and oxygen atoms in total. The molecule has 0 aliphatic heterocycles. The van der Waals surface area contributed by atoms with Crippen molar-refractivity contribution >= 4 is 23.4 Å². The van der Waals surface area contributed by atoms with Crippen molar-refractivity contribution in [3.05, 3.63) is 99.9 Å². The second kappa shape index (κ2) is 11.4. The average Bonchev–Trinajstić information content (AvgIpc) is 3.33. The number of nitro benzene ring substituents is 1. The molecule has 0 unspecified atom stereocenters. The number of amides is 1. The molecule has 4 rings (SSSR count). The van der Waals surface area contributed by atoms with E-state index in [0.717, 1.165) is 11.3 Å². The first-order valence-electron chi connectivity index (χ1n) is 10.9. The Labute approximate surface area is 211 Å². The Hall–Kier alpha value is -4.38. The van der Waals surface area contributed by atoms with Crippen LogP contribution in [0.1, 0.15) is 21.7 Å². The van der Waals surface area contributed by atoms with Gasteiger partial charge in [-0.2, -0.15) is 0 Å². The zero-order valence-corrected chi connectivity index (χ0v) is 20.4. The largest absolute Gasteiger partial charge is 0.497 e. The van der Waals surface area contributed by atoms with Crippen LogP contribution in [0.4, 0.5) is 5.69 Å². The molecule has 0 atom stereocenters. The number of ether oxygens (including phenoxy) is 2. The summed E-state index contributed by atoms with van der Waals surface area (Å²) in [7, 11) is 3.15. The number of rotatable bonds is 10. The van der Waals surface area contributed by atoms with Crippen LogP contribution in [0.3, 0.4) is 0 Å². The molecule has 0 aliphatic carbocycles. The van der Waals surface area contributed by atoms with E-state index in [1.807, 2.05) is 28.8 Å². The number of carbonyl (C=O) groups is 1. The van der Waals surface area contributed by atoms with E-state index in [2.05, 4.69) is 15.5 Å². The Balaban J connectivity index is 1.57.